The monoisotopic (exact) mass is 305 g/mol. The van der Waals surface area contributed by atoms with Gasteiger partial charge in [0.2, 0.25) is 5.91 Å². The molecule has 122 valence electrons. The van der Waals surface area contributed by atoms with Crippen LogP contribution in [0.15, 0.2) is 12.2 Å². The molecule has 4 nitrogen and oxygen atoms in total. The minimum atomic E-state index is 0.107. The van der Waals surface area contributed by atoms with Crippen molar-refractivity contribution in [3.05, 3.63) is 12.2 Å². The molecule has 3 aliphatic carbocycles. The van der Waals surface area contributed by atoms with E-state index in [2.05, 4.69) is 17.1 Å². The predicted molar refractivity (Wildman–Crippen MR) is 83.4 cm³/mol. The molecule has 1 aliphatic heterocycles. The quantitative estimate of drug-likeness (QED) is 0.749. The van der Waals surface area contributed by atoms with E-state index in [0.717, 1.165) is 51.2 Å². The first-order chi connectivity index (χ1) is 10.8. The third kappa shape index (κ3) is 2.95. The maximum absolute atomic E-state index is 12.9. The van der Waals surface area contributed by atoms with Crippen molar-refractivity contribution in [1.29, 1.82) is 0 Å². The Hall–Kier alpha value is -0.870. The first-order valence-electron chi connectivity index (χ1n) is 9.01. The van der Waals surface area contributed by atoms with Gasteiger partial charge in [0.15, 0.2) is 0 Å². The van der Waals surface area contributed by atoms with Crippen molar-refractivity contribution in [3.8, 4) is 0 Å². The van der Waals surface area contributed by atoms with Gasteiger partial charge >= 0.3 is 0 Å². The Labute approximate surface area is 132 Å². The first kappa shape index (κ1) is 14.7. The molecule has 22 heavy (non-hydrogen) atoms. The normalized spacial score (nSPS) is 38.1. The van der Waals surface area contributed by atoms with Crippen LogP contribution < -0.4 is 0 Å². The Morgan fingerprint density at radius 2 is 2.09 bits per heavy atom. The van der Waals surface area contributed by atoms with Crippen molar-refractivity contribution in [1.82, 2.24) is 4.90 Å². The van der Waals surface area contributed by atoms with E-state index >= 15 is 0 Å². The second kappa shape index (κ2) is 6.32. The summed E-state index contributed by atoms with van der Waals surface area (Å²) in [6.07, 6.45) is 12.3. The minimum Gasteiger partial charge on any atom is -0.375 e. The molecule has 0 aromatic carbocycles. The van der Waals surface area contributed by atoms with Crippen LogP contribution in [0.2, 0.25) is 0 Å². The van der Waals surface area contributed by atoms with Crippen LogP contribution >= 0.6 is 0 Å². The van der Waals surface area contributed by atoms with Gasteiger partial charge in [-0.2, -0.15) is 0 Å². The summed E-state index contributed by atoms with van der Waals surface area (Å²) in [6, 6.07) is 0.247. The molecule has 0 aromatic heterocycles. The predicted octanol–water partition coefficient (Wildman–Crippen LogP) is 2.53. The van der Waals surface area contributed by atoms with E-state index in [9.17, 15) is 4.79 Å². The molecule has 2 saturated carbocycles. The summed E-state index contributed by atoms with van der Waals surface area (Å²) in [7, 11) is 0. The lowest BCUT2D eigenvalue weighted by Gasteiger charge is -2.40. The molecule has 0 spiro atoms. The van der Waals surface area contributed by atoms with Gasteiger partial charge in [-0.25, -0.2) is 0 Å². The zero-order valence-corrected chi connectivity index (χ0v) is 13.3. The van der Waals surface area contributed by atoms with Crippen molar-refractivity contribution in [2.75, 3.05) is 19.8 Å². The van der Waals surface area contributed by atoms with Gasteiger partial charge < -0.3 is 14.4 Å². The van der Waals surface area contributed by atoms with Crippen LogP contribution in [-0.2, 0) is 14.3 Å². The topological polar surface area (TPSA) is 38.8 Å². The number of carbonyl (C=O) groups is 1. The highest BCUT2D eigenvalue weighted by atomic mass is 16.5. The fourth-order valence-electron chi connectivity index (χ4n) is 4.16. The zero-order chi connectivity index (χ0) is 14.9. The first-order valence-corrected chi connectivity index (χ1v) is 9.01. The second-order valence-electron chi connectivity index (χ2n) is 7.31. The molecule has 4 aliphatic rings. The molecule has 1 amide bonds. The van der Waals surface area contributed by atoms with Crippen molar-refractivity contribution < 1.29 is 14.3 Å². The van der Waals surface area contributed by atoms with Crippen molar-refractivity contribution in [3.63, 3.8) is 0 Å². The standard InChI is InChI=1S/C18H27NO3/c20-18(14-4-2-1-3-5-14)19-10-11-21-17-15(19)8-9-16(17)22-12-13-6-7-13/h1-2,13-17H,3-12H2/t14?,15-,16-,17+/m0/s1. The molecule has 4 heteroatoms. The van der Waals surface area contributed by atoms with Gasteiger partial charge in [0.1, 0.15) is 6.10 Å². The van der Waals surface area contributed by atoms with Gasteiger partial charge in [-0.3, -0.25) is 4.79 Å². The highest BCUT2D eigenvalue weighted by molar-refractivity contribution is 5.79. The highest BCUT2D eigenvalue weighted by Crippen LogP contribution is 2.36. The molecular weight excluding hydrogens is 278 g/mol. The summed E-state index contributed by atoms with van der Waals surface area (Å²) in [5.74, 6) is 1.33. The third-order valence-electron chi connectivity index (χ3n) is 5.68. The summed E-state index contributed by atoms with van der Waals surface area (Å²) in [5.41, 5.74) is 0. The molecule has 3 fully saturated rings. The fraction of sp³-hybridized carbons (Fsp3) is 0.833. The van der Waals surface area contributed by atoms with Gasteiger partial charge in [0.25, 0.3) is 0 Å². The Kier molecular flexibility index (Phi) is 4.23. The van der Waals surface area contributed by atoms with E-state index < -0.39 is 0 Å². The zero-order valence-electron chi connectivity index (χ0n) is 13.3. The molecule has 1 unspecified atom stereocenters. The molecule has 1 saturated heterocycles. The Morgan fingerprint density at radius 3 is 2.86 bits per heavy atom. The molecule has 0 radical (unpaired) electrons. The molecular formula is C18H27NO3. The van der Waals surface area contributed by atoms with Gasteiger partial charge in [0, 0.05) is 19.1 Å². The highest BCUT2D eigenvalue weighted by Gasteiger charge is 2.46. The molecule has 4 atom stereocenters. The number of morpholine rings is 1. The van der Waals surface area contributed by atoms with Crippen LogP contribution in [0.4, 0.5) is 0 Å². The third-order valence-corrected chi connectivity index (χ3v) is 5.68. The van der Waals surface area contributed by atoms with Crippen LogP contribution in [-0.4, -0.2) is 48.8 Å². The summed E-state index contributed by atoms with van der Waals surface area (Å²) in [4.78, 5) is 15.0. The lowest BCUT2D eigenvalue weighted by molar-refractivity contribution is -0.155. The van der Waals surface area contributed by atoms with Crippen molar-refractivity contribution in [2.24, 2.45) is 11.8 Å². The van der Waals surface area contributed by atoms with Gasteiger partial charge in [0.05, 0.1) is 18.8 Å². The number of carbonyl (C=O) groups excluding carboxylic acids is 1. The number of allylic oxidation sites excluding steroid dienone is 2. The summed E-state index contributed by atoms with van der Waals surface area (Å²) < 4.78 is 12.1. The number of rotatable bonds is 4. The molecule has 0 N–H and O–H groups in total. The van der Waals surface area contributed by atoms with Crippen LogP contribution in [0, 0.1) is 11.8 Å². The molecule has 4 rings (SSSR count). The van der Waals surface area contributed by atoms with Crippen LogP contribution in [0.1, 0.15) is 44.9 Å². The van der Waals surface area contributed by atoms with Gasteiger partial charge in [-0.05, 0) is 50.9 Å². The van der Waals surface area contributed by atoms with Crippen LogP contribution in [0.3, 0.4) is 0 Å². The van der Waals surface area contributed by atoms with E-state index in [1.165, 1.54) is 12.8 Å². The lowest BCUT2D eigenvalue weighted by atomic mass is 9.92. The van der Waals surface area contributed by atoms with Gasteiger partial charge in [-0.1, -0.05) is 12.2 Å². The number of hydrogen-bond donors (Lipinski definition) is 0. The van der Waals surface area contributed by atoms with E-state index in [4.69, 9.17) is 9.47 Å². The smallest absolute Gasteiger partial charge is 0.226 e. The average Bonchev–Trinajstić information content (AvgIpc) is 3.31. The maximum Gasteiger partial charge on any atom is 0.226 e. The molecule has 0 bridgehead atoms. The van der Waals surface area contributed by atoms with E-state index in [1.54, 1.807) is 0 Å². The Balaban J connectivity index is 1.39. The van der Waals surface area contributed by atoms with E-state index in [1.807, 2.05) is 0 Å². The summed E-state index contributed by atoms with van der Waals surface area (Å²) in [6.45, 7) is 2.31. The van der Waals surface area contributed by atoms with Crippen molar-refractivity contribution in [2.45, 2.75) is 63.2 Å². The van der Waals surface area contributed by atoms with Gasteiger partial charge in [-0.15, -0.1) is 0 Å². The number of fused-ring (bicyclic) bond motifs is 1. The maximum atomic E-state index is 12.9. The average molecular weight is 305 g/mol. The molecule has 1 heterocycles. The van der Waals surface area contributed by atoms with E-state index in [0.29, 0.717) is 12.5 Å². The summed E-state index contributed by atoms with van der Waals surface area (Å²) in [5, 5.41) is 0. The number of nitrogens with zero attached hydrogens (tertiary/aromatic N) is 1. The fourth-order valence-corrected chi connectivity index (χ4v) is 4.16. The SMILES string of the molecule is O=C(C1CC=CCC1)N1CCO[C@H]2[C@@H](OCC3CC3)CC[C@@H]21. The van der Waals surface area contributed by atoms with Crippen LogP contribution in [0.5, 0.6) is 0 Å². The number of amides is 1. The summed E-state index contributed by atoms with van der Waals surface area (Å²) >= 11 is 0. The number of ether oxygens (including phenoxy) is 2. The minimum absolute atomic E-state index is 0.107. The second-order valence-corrected chi connectivity index (χ2v) is 7.31. The van der Waals surface area contributed by atoms with Crippen LogP contribution in [0.25, 0.3) is 0 Å². The largest absolute Gasteiger partial charge is 0.375 e. The van der Waals surface area contributed by atoms with E-state index in [-0.39, 0.29) is 24.2 Å². The Morgan fingerprint density at radius 1 is 1.18 bits per heavy atom. The number of hydrogen-bond acceptors (Lipinski definition) is 3. The van der Waals surface area contributed by atoms with Crippen molar-refractivity contribution >= 4 is 5.91 Å². The lowest BCUT2D eigenvalue weighted by Crippen LogP contribution is -2.55. The Bertz CT molecular complexity index is 446. The molecule has 0 aromatic rings.